The molecule has 0 radical (unpaired) electrons. The average Bonchev–Trinajstić information content (AvgIpc) is 2.97. The van der Waals surface area contributed by atoms with Crippen molar-refractivity contribution in [1.82, 2.24) is 14.5 Å². The molecule has 0 aliphatic carbocycles. The van der Waals surface area contributed by atoms with Crippen LogP contribution in [0.1, 0.15) is 6.23 Å². The van der Waals surface area contributed by atoms with Crippen LogP contribution in [0.25, 0.3) is 11.0 Å². The molecule has 1 saturated heterocycles. The van der Waals surface area contributed by atoms with E-state index in [0.29, 0.717) is 22.6 Å². The number of hydrogen-bond donors (Lipinski definition) is 3. The molecule has 0 saturated carbocycles. The van der Waals surface area contributed by atoms with Gasteiger partial charge in [-0.3, -0.25) is 0 Å². The van der Waals surface area contributed by atoms with Gasteiger partial charge < -0.3 is 25.3 Å². The molecule has 2 unspecified atom stereocenters. The van der Waals surface area contributed by atoms with Gasteiger partial charge in [0.1, 0.15) is 30.0 Å². The molecule has 1 aliphatic heterocycles. The number of hydrogen-bond acceptors (Lipinski definition) is 7. The molecule has 4 atom stereocenters. The highest BCUT2D eigenvalue weighted by Gasteiger charge is 2.43. The Balaban J connectivity index is 1.97. The third-order valence-electron chi connectivity index (χ3n) is 3.48. The Morgan fingerprint density at radius 3 is 2.95 bits per heavy atom. The maximum Gasteiger partial charge on any atom is 0.164 e. The molecule has 8 heteroatoms. The highest BCUT2D eigenvalue weighted by Crippen LogP contribution is 2.33. The van der Waals surface area contributed by atoms with Crippen molar-refractivity contribution >= 4 is 28.6 Å². The molecule has 108 valence electrons. The van der Waals surface area contributed by atoms with Gasteiger partial charge in [0.15, 0.2) is 6.23 Å². The SMILES string of the molecule is CSCC1OC(n2ccc3c(N)ncnc32)[C@@H](O)[C@H]1O. The number of rotatable bonds is 3. The van der Waals surface area contributed by atoms with Crippen LogP contribution in [0.4, 0.5) is 5.82 Å². The number of fused-ring (bicyclic) bond motifs is 1. The summed E-state index contributed by atoms with van der Waals surface area (Å²) in [5.74, 6) is 0.993. The van der Waals surface area contributed by atoms with Gasteiger partial charge in [-0.25, -0.2) is 9.97 Å². The van der Waals surface area contributed by atoms with Crippen LogP contribution in [0.2, 0.25) is 0 Å². The smallest absolute Gasteiger partial charge is 0.164 e. The summed E-state index contributed by atoms with van der Waals surface area (Å²) >= 11 is 1.56. The first kappa shape index (κ1) is 13.6. The number of anilines is 1. The minimum absolute atomic E-state index is 0.377. The molecule has 2 aromatic heterocycles. The summed E-state index contributed by atoms with van der Waals surface area (Å²) in [5, 5.41) is 20.9. The molecular weight excluding hydrogens is 280 g/mol. The third-order valence-corrected chi connectivity index (χ3v) is 4.14. The Morgan fingerprint density at radius 1 is 1.40 bits per heavy atom. The van der Waals surface area contributed by atoms with Crippen LogP contribution in [0.3, 0.4) is 0 Å². The fourth-order valence-corrected chi connectivity index (χ4v) is 3.06. The van der Waals surface area contributed by atoms with Crippen LogP contribution >= 0.6 is 11.8 Å². The second kappa shape index (κ2) is 5.21. The van der Waals surface area contributed by atoms with E-state index in [0.717, 1.165) is 0 Å². The fourth-order valence-electron chi connectivity index (χ4n) is 2.46. The molecule has 20 heavy (non-hydrogen) atoms. The van der Waals surface area contributed by atoms with Crippen LogP contribution in [0, 0.1) is 0 Å². The van der Waals surface area contributed by atoms with Crippen LogP contribution < -0.4 is 5.73 Å². The fraction of sp³-hybridized carbons (Fsp3) is 0.500. The molecule has 0 spiro atoms. The van der Waals surface area contributed by atoms with Crippen molar-refractivity contribution in [3.05, 3.63) is 18.6 Å². The van der Waals surface area contributed by atoms with Crippen molar-refractivity contribution in [3.63, 3.8) is 0 Å². The van der Waals surface area contributed by atoms with Crippen molar-refractivity contribution in [3.8, 4) is 0 Å². The molecule has 3 heterocycles. The zero-order valence-electron chi connectivity index (χ0n) is 10.9. The van der Waals surface area contributed by atoms with E-state index in [1.54, 1.807) is 28.6 Å². The zero-order chi connectivity index (χ0) is 14.3. The highest BCUT2D eigenvalue weighted by atomic mass is 32.2. The lowest BCUT2D eigenvalue weighted by Crippen LogP contribution is -2.32. The maximum absolute atomic E-state index is 10.2. The first-order valence-corrected chi connectivity index (χ1v) is 7.60. The number of thioether (sulfide) groups is 1. The number of aliphatic hydroxyl groups excluding tert-OH is 2. The molecule has 0 aromatic carbocycles. The minimum atomic E-state index is -1.00. The van der Waals surface area contributed by atoms with Crippen LogP contribution in [0.5, 0.6) is 0 Å². The normalized spacial score (nSPS) is 30.1. The molecule has 3 rings (SSSR count). The Hall–Kier alpha value is -1.35. The van der Waals surface area contributed by atoms with Crippen molar-refractivity contribution in [2.75, 3.05) is 17.7 Å². The van der Waals surface area contributed by atoms with Gasteiger partial charge in [0.2, 0.25) is 0 Å². The lowest BCUT2D eigenvalue weighted by Gasteiger charge is -2.17. The summed E-state index contributed by atoms with van der Waals surface area (Å²) in [6.45, 7) is 0. The number of aliphatic hydroxyl groups is 2. The quantitative estimate of drug-likeness (QED) is 0.731. The monoisotopic (exact) mass is 296 g/mol. The number of nitrogen functional groups attached to an aromatic ring is 1. The van der Waals surface area contributed by atoms with E-state index >= 15 is 0 Å². The molecule has 2 aromatic rings. The van der Waals surface area contributed by atoms with E-state index in [1.165, 1.54) is 6.33 Å². The van der Waals surface area contributed by atoms with Gasteiger partial charge in [0.05, 0.1) is 11.5 Å². The molecule has 1 fully saturated rings. The second-order valence-corrected chi connectivity index (χ2v) is 5.63. The predicted molar refractivity (Wildman–Crippen MR) is 76.2 cm³/mol. The Kier molecular flexibility index (Phi) is 3.55. The van der Waals surface area contributed by atoms with Gasteiger partial charge in [-0.15, -0.1) is 0 Å². The first-order valence-electron chi connectivity index (χ1n) is 6.21. The van der Waals surface area contributed by atoms with Gasteiger partial charge in [0.25, 0.3) is 0 Å². The van der Waals surface area contributed by atoms with E-state index in [4.69, 9.17) is 10.5 Å². The number of nitrogens with zero attached hydrogens (tertiary/aromatic N) is 3. The van der Waals surface area contributed by atoms with E-state index in [1.807, 2.05) is 6.26 Å². The molecule has 0 bridgehead atoms. The summed E-state index contributed by atoms with van der Waals surface area (Å²) < 4.78 is 7.44. The van der Waals surface area contributed by atoms with E-state index in [-0.39, 0.29) is 0 Å². The van der Waals surface area contributed by atoms with Gasteiger partial charge in [-0.1, -0.05) is 0 Å². The van der Waals surface area contributed by atoms with Gasteiger partial charge in [-0.2, -0.15) is 11.8 Å². The Bertz CT molecular complexity index is 620. The summed E-state index contributed by atoms with van der Waals surface area (Å²) in [6, 6.07) is 1.77. The highest BCUT2D eigenvalue weighted by molar-refractivity contribution is 7.98. The van der Waals surface area contributed by atoms with Crippen molar-refractivity contribution in [1.29, 1.82) is 0 Å². The van der Waals surface area contributed by atoms with Crippen LogP contribution in [0.15, 0.2) is 18.6 Å². The Labute approximate surface area is 119 Å². The van der Waals surface area contributed by atoms with Gasteiger partial charge in [0, 0.05) is 11.9 Å². The third kappa shape index (κ3) is 2.05. The van der Waals surface area contributed by atoms with Crippen molar-refractivity contribution in [2.45, 2.75) is 24.5 Å². The van der Waals surface area contributed by atoms with E-state index in [9.17, 15) is 10.2 Å². The largest absolute Gasteiger partial charge is 0.387 e. The number of nitrogens with two attached hydrogens (primary N) is 1. The first-order chi connectivity index (χ1) is 9.63. The van der Waals surface area contributed by atoms with Crippen molar-refractivity contribution < 1.29 is 14.9 Å². The molecular formula is C12H16N4O3S. The lowest BCUT2D eigenvalue weighted by atomic mass is 10.1. The Morgan fingerprint density at radius 2 is 2.20 bits per heavy atom. The minimum Gasteiger partial charge on any atom is -0.387 e. The number of ether oxygens (including phenoxy) is 1. The van der Waals surface area contributed by atoms with Crippen LogP contribution in [-0.2, 0) is 4.74 Å². The summed E-state index contributed by atoms with van der Waals surface area (Å²) in [5.41, 5.74) is 6.37. The van der Waals surface area contributed by atoms with E-state index < -0.39 is 24.5 Å². The van der Waals surface area contributed by atoms with Gasteiger partial charge >= 0.3 is 0 Å². The predicted octanol–water partition coefficient (Wildman–Crippen LogP) is -0.00430. The summed E-state index contributed by atoms with van der Waals surface area (Å²) in [6.07, 6.45) is 2.04. The van der Waals surface area contributed by atoms with Crippen LogP contribution in [-0.4, -0.2) is 55.1 Å². The van der Waals surface area contributed by atoms with Gasteiger partial charge in [-0.05, 0) is 12.3 Å². The molecule has 0 amide bonds. The zero-order valence-corrected chi connectivity index (χ0v) is 11.7. The molecule has 4 N–H and O–H groups in total. The topological polar surface area (TPSA) is 106 Å². The van der Waals surface area contributed by atoms with E-state index in [2.05, 4.69) is 9.97 Å². The second-order valence-electron chi connectivity index (χ2n) is 4.72. The summed E-state index contributed by atoms with van der Waals surface area (Å²) in [7, 11) is 0. The average molecular weight is 296 g/mol. The lowest BCUT2D eigenvalue weighted by molar-refractivity contribution is -0.0285. The standard InChI is InChI=1S/C12H16N4O3S/c1-20-4-7-8(17)9(18)12(19-7)16-3-2-6-10(13)14-5-15-11(6)16/h2-3,5,7-9,12,17-18H,4H2,1H3,(H2,13,14,15)/t7?,8-,9-,12?/m0/s1. The van der Waals surface area contributed by atoms with Crippen molar-refractivity contribution in [2.24, 2.45) is 0 Å². The maximum atomic E-state index is 10.2. The molecule has 7 nitrogen and oxygen atoms in total. The summed E-state index contributed by atoms with van der Waals surface area (Å²) in [4.78, 5) is 8.09. The number of aromatic nitrogens is 3. The molecule has 1 aliphatic rings.